The van der Waals surface area contributed by atoms with E-state index in [1.807, 2.05) is 11.4 Å². The summed E-state index contributed by atoms with van der Waals surface area (Å²) in [6, 6.07) is 10.7. The van der Waals surface area contributed by atoms with Gasteiger partial charge in [0, 0.05) is 4.88 Å². The number of alkyl halides is 1. The lowest BCUT2D eigenvalue weighted by atomic mass is 9.84. The van der Waals surface area contributed by atoms with Gasteiger partial charge in [-0.25, -0.2) is 0 Å². The van der Waals surface area contributed by atoms with Crippen molar-refractivity contribution < 1.29 is 0 Å². The molecule has 1 aliphatic rings. The van der Waals surface area contributed by atoms with E-state index >= 15 is 0 Å². The van der Waals surface area contributed by atoms with Crippen molar-refractivity contribution >= 4 is 34.5 Å². The van der Waals surface area contributed by atoms with Gasteiger partial charge in [0.1, 0.15) is 0 Å². The Morgan fingerprint density at radius 3 is 2.30 bits per heavy atom. The molecule has 1 unspecified atom stereocenters. The lowest BCUT2D eigenvalue weighted by Gasteiger charge is -2.22. The predicted molar refractivity (Wildman–Crippen MR) is 89.3 cm³/mol. The van der Waals surface area contributed by atoms with Gasteiger partial charge in [-0.3, -0.25) is 0 Å². The number of rotatable bonds is 3. The predicted octanol–water partition coefficient (Wildman–Crippen LogP) is 6.78. The second kappa shape index (κ2) is 6.51. The second-order valence-corrected chi connectivity index (χ2v) is 7.29. The quantitative estimate of drug-likeness (QED) is 0.546. The fraction of sp³-hybridized carbons (Fsp3) is 0.412. The summed E-state index contributed by atoms with van der Waals surface area (Å²) in [7, 11) is 0. The first-order valence-electron chi connectivity index (χ1n) is 7.22. The molecule has 0 saturated heterocycles. The van der Waals surface area contributed by atoms with Crippen molar-refractivity contribution in [3.05, 3.63) is 56.7 Å². The Hall–Kier alpha value is -0.500. The maximum Gasteiger partial charge on any atom is 0.0942 e. The molecule has 0 radical (unpaired) electrons. The third-order valence-corrected chi connectivity index (χ3v) is 6.20. The molecular formula is C17H18Cl2S. The lowest BCUT2D eigenvalue weighted by molar-refractivity contribution is 0.443. The van der Waals surface area contributed by atoms with E-state index in [2.05, 4.69) is 24.3 Å². The fourth-order valence-electron chi connectivity index (χ4n) is 3.01. The molecule has 3 rings (SSSR count). The van der Waals surface area contributed by atoms with Crippen molar-refractivity contribution in [2.24, 2.45) is 0 Å². The molecule has 0 bridgehead atoms. The van der Waals surface area contributed by atoms with E-state index in [4.69, 9.17) is 23.2 Å². The molecule has 0 aliphatic heterocycles. The Morgan fingerprint density at radius 2 is 1.70 bits per heavy atom. The summed E-state index contributed by atoms with van der Waals surface area (Å²) in [5.41, 5.74) is 2.60. The van der Waals surface area contributed by atoms with Crippen LogP contribution in [0.3, 0.4) is 0 Å². The normalized spacial score (nSPS) is 18.1. The molecule has 106 valence electrons. The van der Waals surface area contributed by atoms with Crippen molar-refractivity contribution in [2.45, 2.75) is 43.4 Å². The number of halogens is 2. The number of hydrogen-bond donors (Lipinski definition) is 0. The second-order valence-electron chi connectivity index (χ2n) is 5.50. The monoisotopic (exact) mass is 324 g/mol. The summed E-state index contributed by atoms with van der Waals surface area (Å²) in [6.45, 7) is 0. The van der Waals surface area contributed by atoms with Crippen LogP contribution >= 0.6 is 34.5 Å². The smallest absolute Gasteiger partial charge is 0.0942 e. The zero-order chi connectivity index (χ0) is 13.9. The minimum atomic E-state index is -0.136. The molecule has 0 nitrogen and oxygen atoms in total. The molecule has 1 aliphatic carbocycles. The number of thiophene rings is 1. The Kier molecular flexibility index (Phi) is 4.70. The maximum atomic E-state index is 6.54. The van der Waals surface area contributed by atoms with E-state index in [1.54, 1.807) is 11.3 Å². The minimum Gasteiger partial charge on any atom is -0.145 e. The maximum absolute atomic E-state index is 6.54. The first kappa shape index (κ1) is 14.4. The van der Waals surface area contributed by atoms with Gasteiger partial charge in [-0.15, -0.1) is 22.9 Å². The van der Waals surface area contributed by atoms with Crippen LogP contribution in [0.2, 0.25) is 5.02 Å². The highest BCUT2D eigenvalue weighted by Crippen LogP contribution is 2.38. The van der Waals surface area contributed by atoms with E-state index in [1.165, 1.54) is 37.7 Å². The van der Waals surface area contributed by atoms with Gasteiger partial charge in [-0.05, 0) is 41.3 Å². The van der Waals surface area contributed by atoms with E-state index in [0.717, 1.165) is 21.4 Å². The van der Waals surface area contributed by atoms with E-state index < -0.39 is 0 Å². The van der Waals surface area contributed by atoms with Gasteiger partial charge in [0.25, 0.3) is 0 Å². The zero-order valence-corrected chi connectivity index (χ0v) is 13.6. The van der Waals surface area contributed by atoms with Gasteiger partial charge in [0.05, 0.1) is 10.4 Å². The summed E-state index contributed by atoms with van der Waals surface area (Å²) in [5.74, 6) is 0.747. The summed E-state index contributed by atoms with van der Waals surface area (Å²) >= 11 is 14.3. The summed E-state index contributed by atoms with van der Waals surface area (Å²) in [4.78, 5) is 1.04. The zero-order valence-electron chi connectivity index (χ0n) is 11.3. The van der Waals surface area contributed by atoms with Crippen LogP contribution in [0, 0.1) is 0 Å². The van der Waals surface area contributed by atoms with Gasteiger partial charge in [-0.1, -0.05) is 55.1 Å². The highest BCUT2D eigenvalue weighted by molar-refractivity contribution is 7.11. The summed E-state index contributed by atoms with van der Waals surface area (Å²) in [6.07, 6.45) is 6.81. The average molecular weight is 325 g/mol. The highest BCUT2D eigenvalue weighted by atomic mass is 35.5. The van der Waals surface area contributed by atoms with Crippen LogP contribution in [0.15, 0.2) is 35.7 Å². The van der Waals surface area contributed by atoms with E-state index in [0.29, 0.717) is 0 Å². The standard InChI is InChI=1S/C17H18Cl2S/c18-15-10-11-20-17(15)16(19)14-8-6-13(7-9-14)12-4-2-1-3-5-12/h6-12,16H,1-5H2. The average Bonchev–Trinajstić information content (AvgIpc) is 2.94. The molecular weight excluding hydrogens is 307 g/mol. The van der Waals surface area contributed by atoms with Gasteiger partial charge in [0.15, 0.2) is 0 Å². The minimum absolute atomic E-state index is 0.136. The Morgan fingerprint density at radius 1 is 1.00 bits per heavy atom. The molecule has 1 atom stereocenters. The van der Waals surface area contributed by atoms with Gasteiger partial charge in [-0.2, -0.15) is 0 Å². The molecule has 3 heteroatoms. The van der Waals surface area contributed by atoms with Crippen molar-refractivity contribution in [1.29, 1.82) is 0 Å². The van der Waals surface area contributed by atoms with Gasteiger partial charge in [0.2, 0.25) is 0 Å². The van der Waals surface area contributed by atoms with Crippen LogP contribution in [-0.2, 0) is 0 Å². The largest absolute Gasteiger partial charge is 0.145 e. The lowest BCUT2D eigenvalue weighted by Crippen LogP contribution is -2.04. The molecule has 1 fully saturated rings. The highest BCUT2D eigenvalue weighted by Gasteiger charge is 2.18. The van der Waals surface area contributed by atoms with Crippen molar-refractivity contribution in [3.63, 3.8) is 0 Å². The first-order chi connectivity index (χ1) is 9.75. The van der Waals surface area contributed by atoms with E-state index in [9.17, 15) is 0 Å². The Labute approximate surface area is 134 Å². The van der Waals surface area contributed by atoms with Crippen molar-refractivity contribution in [1.82, 2.24) is 0 Å². The SMILES string of the molecule is Clc1ccsc1C(Cl)c1ccc(C2CCCCC2)cc1. The molecule has 1 aromatic carbocycles. The van der Waals surface area contributed by atoms with Gasteiger partial charge < -0.3 is 0 Å². The number of hydrogen-bond acceptors (Lipinski definition) is 1. The Balaban J connectivity index is 1.77. The molecule has 1 saturated carbocycles. The molecule has 0 amide bonds. The number of benzene rings is 1. The molecule has 1 aromatic heterocycles. The van der Waals surface area contributed by atoms with Gasteiger partial charge >= 0.3 is 0 Å². The fourth-order valence-corrected chi connectivity index (χ4v) is 4.65. The molecule has 20 heavy (non-hydrogen) atoms. The van der Waals surface area contributed by atoms with Crippen molar-refractivity contribution in [2.75, 3.05) is 0 Å². The van der Waals surface area contributed by atoms with Crippen molar-refractivity contribution in [3.8, 4) is 0 Å². The third kappa shape index (κ3) is 3.05. The molecule has 1 heterocycles. The molecule has 2 aromatic rings. The summed E-state index contributed by atoms with van der Waals surface area (Å²) in [5, 5.41) is 2.62. The van der Waals surface area contributed by atoms with Crippen LogP contribution < -0.4 is 0 Å². The van der Waals surface area contributed by atoms with Crippen LogP contribution in [0.25, 0.3) is 0 Å². The van der Waals surface area contributed by atoms with Crippen LogP contribution in [-0.4, -0.2) is 0 Å². The molecule has 0 spiro atoms. The Bertz CT molecular complexity index is 553. The van der Waals surface area contributed by atoms with Crippen LogP contribution in [0.4, 0.5) is 0 Å². The van der Waals surface area contributed by atoms with E-state index in [-0.39, 0.29) is 5.38 Å². The summed E-state index contributed by atoms with van der Waals surface area (Å²) < 4.78 is 0. The third-order valence-electron chi connectivity index (χ3n) is 4.18. The molecule has 0 N–H and O–H groups in total. The van der Waals surface area contributed by atoms with Crippen LogP contribution in [0.1, 0.15) is 59.4 Å². The van der Waals surface area contributed by atoms with Crippen LogP contribution in [0.5, 0.6) is 0 Å². The topological polar surface area (TPSA) is 0 Å². The first-order valence-corrected chi connectivity index (χ1v) is 8.92.